The maximum absolute atomic E-state index is 12.2. The van der Waals surface area contributed by atoms with Gasteiger partial charge in [0.1, 0.15) is 6.07 Å². The normalized spacial score (nSPS) is 16.8. The second-order valence-electron chi connectivity index (χ2n) is 4.37. The first-order valence-corrected chi connectivity index (χ1v) is 8.24. The number of rotatable bonds is 3. The van der Waals surface area contributed by atoms with E-state index in [0.29, 0.717) is 24.3 Å². The average molecular weight is 344 g/mol. The quantitative estimate of drug-likeness (QED) is 0.915. The summed E-state index contributed by atoms with van der Waals surface area (Å²) >= 11 is 3.25. The van der Waals surface area contributed by atoms with Gasteiger partial charge in [0.15, 0.2) is 0 Å². The summed E-state index contributed by atoms with van der Waals surface area (Å²) in [7, 11) is -3.56. The van der Waals surface area contributed by atoms with E-state index >= 15 is 0 Å². The van der Waals surface area contributed by atoms with Crippen molar-refractivity contribution in [1.82, 2.24) is 4.31 Å². The molecule has 7 heteroatoms. The Morgan fingerprint density at radius 3 is 2.58 bits per heavy atom. The summed E-state index contributed by atoms with van der Waals surface area (Å²) in [6, 6.07) is 6.87. The summed E-state index contributed by atoms with van der Waals surface area (Å²) in [5, 5.41) is 9.03. The molecular formula is C12H14BrN3O2S. The molecule has 5 nitrogen and oxygen atoms in total. The van der Waals surface area contributed by atoms with Crippen molar-refractivity contribution in [2.45, 2.75) is 19.3 Å². The van der Waals surface area contributed by atoms with Crippen molar-refractivity contribution in [3.63, 3.8) is 0 Å². The molecule has 0 saturated carbocycles. The Morgan fingerprint density at radius 1 is 1.26 bits per heavy atom. The lowest BCUT2D eigenvalue weighted by Crippen LogP contribution is -2.39. The van der Waals surface area contributed by atoms with Crippen molar-refractivity contribution in [3.05, 3.63) is 28.2 Å². The van der Waals surface area contributed by atoms with Gasteiger partial charge in [-0.3, -0.25) is 4.72 Å². The number of halogens is 1. The van der Waals surface area contributed by atoms with Crippen molar-refractivity contribution < 1.29 is 8.42 Å². The fraction of sp³-hybridized carbons (Fsp3) is 0.417. The highest BCUT2D eigenvalue weighted by molar-refractivity contribution is 9.10. The van der Waals surface area contributed by atoms with Gasteiger partial charge in [-0.15, -0.1) is 0 Å². The first-order valence-electron chi connectivity index (χ1n) is 6.00. The molecule has 1 saturated heterocycles. The van der Waals surface area contributed by atoms with Gasteiger partial charge in [0.05, 0.1) is 11.3 Å². The Kier molecular flexibility index (Phi) is 4.45. The molecule has 0 amide bonds. The van der Waals surface area contributed by atoms with E-state index in [0.717, 1.165) is 23.7 Å². The van der Waals surface area contributed by atoms with Crippen LogP contribution in [0.2, 0.25) is 0 Å². The van der Waals surface area contributed by atoms with E-state index in [9.17, 15) is 8.42 Å². The van der Waals surface area contributed by atoms with Crippen molar-refractivity contribution in [2.75, 3.05) is 17.8 Å². The van der Waals surface area contributed by atoms with Gasteiger partial charge >= 0.3 is 10.2 Å². The van der Waals surface area contributed by atoms with Crippen LogP contribution in [0.15, 0.2) is 22.7 Å². The van der Waals surface area contributed by atoms with Crippen LogP contribution in [0.1, 0.15) is 24.8 Å². The second kappa shape index (κ2) is 5.90. The van der Waals surface area contributed by atoms with Gasteiger partial charge in [0.2, 0.25) is 0 Å². The smallest absolute Gasteiger partial charge is 0.270 e. The number of nitrogens with zero attached hydrogens (tertiary/aromatic N) is 2. The fourth-order valence-corrected chi connectivity index (χ4v) is 3.69. The molecule has 1 aliphatic heterocycles. The number of hydrogen-bond acceptors (Lipinski definition) is 3. The minimum atomic E-state index is -3.56. The van der Waals surface area contributed by atoms with Crippen LogP contribution >= 0.6 is 15.9 Å². The van der Waals surface area contributed by atoms with Crippen LogP contribution in [0.25, 0.3) is 0 Å². The average Bonchev–Trinajstić information content (AvgIpc) is 2.41. The molecule has 1 heterocycles. The zero-order chi connectivity index (χ0) is 13.9. The SMILES string of the molecule is N#Cc1cc(Br)ccc1NS(=O)(=O)N1CCCCC1. The lowest BCUT2D eigenvalue weighted by atomic mass is 10.2. The molecule has 102 valence electrons. The van der Waals surface area contributed by atoms with E-state index in [-0.39, 0.29) is 0 Å². The second-order valence-corrected chi connectivity index (χ2v) is 6.95. The molecule has 1 aliphatic rings. The van der Waals surface area contributed by atoms with E-state index in [2.05, 4.69) is 20.7 Å². The number of hydrogen-bond donors (Lipinski definition) is 1. The topological polar surface area (TPSA) is 73.2 Å². The number of piperidine rings is 1. The molecule has 0 bridgehead atoms. The van der Waals surface area contributed by atoms with Crippen LogP contribution in [0.4, 0.5) is 5.69 Å². The monoisotopic (exact) mass is 343 g/mol. The molecule has 1 aromatic carbocycles. The van der Waals surface area contributed by atoms with Gasteiger partial charge in [-0.1, -0.05) is 22.4 Å². The first-order chi connectivity index (χ1) is 9.03. The van der Waals surface area contributed by atoms with Gasteiger partial charge in [0, 0.05) is 17.6 Å². The maximum Gasteiger partial charge on any atom is 0.301 e. The highest BCUT2D eigenvalue weighted by Gasteiger charge is 2.24. The van der Waals surface area contributed by atoms with Gasteiger partial charge in [-0.05, 0) is 31.0 Å². The van der Waals surface area contributed by atoms with E-state index in [1.807, 2.05) is 6.07 Å². The predicted molar refractivity (Wildman–Crippen MR) is 76.8 cm³/mol. The van der Waals surface area contributed by atoms with Crippen LogP contribution in [-0.4, -0.2) is 25.8 Å². The maximum atomic E-state index is 12.2. The molecule has 0 spiro atoms. The Morgan fingerprint density at radius 2 is 1.95 bits per heavy atom. The molecule has 1 fully saturated rings. The van der Waals surface area contributed by atoms with Crippen LogP contribution in [0, 0.1) is 11.3 Å². The Bertz CT molecular complexity index is 604. The van der Waals surface area contributed by atoms with Gasteiger partial charge in [-0.2, -0.15) is 18.0 Å². The Hall–Kier alpha value is -1.10. The van der Waals surface area contributed by atoms with Crippen LogP contribution < -0.4 is 4.72 Å². The summed E-state index contributed by atoms with van der Waals surface area (Å²) in [5.74, 6) is 0. The first kappa shape index (κ1) is 14.3. The standard InChI is InChI=1S/C12H14BrN3O2S/c13-11-4-5-12(10(8-11)9-14)15-19(17,18)16-6-2-1-3-7-16/h4-5,8,15H,1-3,6-7H2. The molecule has 0 atom stereocenters. The molecule has 0 radical (unpaired) electrons. The molecule has 1 aromatic rings. The molecule has 0 unspecified atom stereocenters. The van der Waals surface area contributed by atoms with E-state index in [4.69, 9.17) is 5.26 Å². The number of benzene rings is 1. The van der Waals surface area contributed by atoms with E-state index in [1.54, 1.807) is 18.2 Å². The Balaban J connectivity index is 2.23. The Labute approximate surface area is 121 Å². The molecule has 0 aromatic heterocycles. The van der Waals surface area contributed by atoms with Crippen molar-refractivity contribution in [2.24, 2.45) is 0 Å². The lowest BCUT2D eigenvalue weighted by molar-refractivity contribution is 0.349. The lowest BCUT2D eigenvalue weighted by Gasteiger charge is -2.26. The highest BCUT2D eigenvalue weighted by atomic mass is 79.9. The summed E-state index contributed by atoms with van der Waals surface area (Å²) in [5.41, 5.74) is 0.617. The third-order valence-corrected chi connectivity index (χ3v) is 5.01. The third-order valence-electron chi connectivity index (χ3n) is 3.00. The fourth-order valence-electron chi connectivity index (χ4n) is 2.01. The van der Waals surface area contributed by atoms with Crippen molar-refractivity contribution in [3.8, 4) is 6.07 Å². The molecule has 1 N–H and O–H groups in total. The largest absolute Gasteiger partial charge is 0.301 e. The summed E-state index contributed by atoms with van der Waals surface area (Å²) in [4.78, 5) is 0. The third kappa shape index (κ3) is 3.47. The molecule has 19 heavy (non-hydrogen) atoms. The zero-order valence-corrected chi connectivity index (χ0v) is 12.7. The van der Waals surface area contributed by atoms with Gasteiger partial charge < -0.3 is 0 Å². The van der Waals surface area contributed by atoms with Gasteiger partial charge in [-0.25, -0.2) is 0 Å². The molecular weight excluding hydrogens is 330 g/mol. The molecule has 2 rings (SSSR count). The predicted octanol–water partition coefficient (Wildman–Crippen LogP) is 2.46. The number of nitriles is 1. The van der Waals surface area contributed by atoms with Crippen LogP contribution in [0.3, 0.4) is 0 Å². The summed E-state index contributed by atoms with van der Waals surface area (Å²) in [6.07, 6.45) is 2.83. The number of anilines is 1. The van der Waals surface area contributed by atoms with E-state index in [1.165, 1.54) is 4.31 Å². The highest BCUT2D eigenvalue weighted by Crippen LogP contribution is 2.23. The zero-order valence-electron chi connectivity index (χ0n) is 10.3. The summed E-state index contributed by atoms with van der Waals surface area (Å²) < 4.78 is 29.1. The van der Waals surface area contributed by atoms with Crippen LogP contribution in [0.5, 0.6) is 0 Å². The summed E-state index contributed by atoms with van der Waals surface area (Å²) in [6.45, 7) is 1.07. The van der Waals surface area contributed by atoms with Crippen molar-refractivity contribution in [1.29, 1.82) is 5.26 Å². The number of nitrogens with one attached hydrogen (secondary N) is 1. The minimum absolute atomic E-state index is 0.301. The van der Waals surface area contributed by atoms with Gasteiger partial charge in [0.25, 0.3) is 0 Å². The van der Waals surface area contributed by atoms with Crippen LogP contribution in [-0.2, 0) is 10.2 Å². The van der Waals surface area contributed by atoms with Crippen molar-refractivity contribution >= 4 is 31.8 Å². The van der Waals surface area contributed by atoms with E-state index < -0.39 is 10.2 Å². The molecule has 0 aliphatic carbocycles. The minimum Gasteiger partial charge on any atom is -0.270 e.